The Labute approximate surface area is 265 Å². The van der Waals surface area contributed by atoms with Crippen LogP contribution in [-0.2, 0) is 12.4 Å². The number of nitro groups is 2. The summed E-state index contributed by atoms with van der Waals surface area (Å²) in [4.78, 5) is 30.6. The zero-order valence-electron chi connectivity index (χ0n) is 23.6. The first-order valence-electron chi connectivity index (χ1n) is 12.9. The minimum Gasteiger partial charge on any atom is -0.258 e. The van der Waals surface area contributed by atoms with E-state index in [9.17, 15) is 46.6 Å². The molecule has 0 N–H and O–H groups in total. The van der Waals surface area contributed by atoms with E-state index >= 15 is 0 Å². The minimum absolute atomic E-state index is 0.0951. The Morgan fingerprint density at radius 1 is 0.587 bits per heavy atom. The molecule has 0 radical (unpaired) electrons. The van der Waals surface area contributed by atoms with Gasteiger partial charge in [0.1, 0.15) is 10.1 Å². The third-order valence-electron chi connectivity index (χ3n) is 6.37. The first-order chi connectivity index (χ1) is 21.5. The van der Waals surface area contributed by atoms with Crippen LogP contribution in [0.4, 0.5) is 49.1 Å². The summed E-state index contributed by atoms with van der Waals surface area (Å²) in [6.45, 7) is 3.26. The highest BCUT2D eigenvalue weighted by atomic mass is 33.1. The summed E-state index contributed by atoms with van der Waals surface area (Å²) in [5, 5.41) is 23.0. The van der Waals surface area contributed by atoms with E-state index in [0.717, 1.165) is 45.9 Å². The third-order valence-corrected chi connectivity index (χ3v) is 8.62. The lowest BCUT2D eigenvalue weighted by Crippen LogP contribution is -2.06. The molecule has 0 aliphatic carbocycles. The fraction of sp³-hybridized carbons (Fsp3) is 0.133. The van der Waals surface area contributed by atoms with Gasteiger partial charge in [0.25, 0.3) is 11.4 Å². The number of non-ortho nitro benzene ring substituents is 2. The van der Waals surface area contributed by atoms with Crippen molar-refractivity contribution in [1.82, 2.24) is 0 Å². The van der Waals surface area contributed by atoms with Gasteiger partial charge in [-0.1, -0.05) is 36.4 Å². The van der Waals surface area contributed by atoms with Crippen molar-refractivity contribution in [3.63, 3.8) is 0 Å². The van der Waals surface area contributed by atoms with Gasteiger partial charge in [0.15, 0.2) is 0 Å². The van der Waals surface area contributed by atoms with Crippen molar-refractivity contribution >= 4 is 54.4 Å². The number of aliphatic imine (C=N–C) groups is 2. The normalized spacial score (nSPS) is 12.7. The molecule has 0 atom stereocenters. The highest BCUT2D eigenvalue weighted by Crippen LogP contribution is 2.38. The smallest absolute Gasteiger partial charge is 0.258 e. The lowest BCUT2D eigenvalue weighted by molar-refractivity contribution is -0.385. The summed E-state index contributed by atoms with van der Waals surface area (Å²) in [7, 11) is 1.77. The standard InChI is InChI=1S/C30H20F6N4O4S2/c1-17-3-13-23(39(41)42)15-25(17)37-27(19-5-9-21(10-6-19)29(31,32)33)45-46-28(20-7-11-22(12-8-20)30(34,35)36)38-26-16-24(40(43)44)14-4-18(26)2/h3-16H,1-2H3. The molecule has 46 heavy (non-hydrogen) atoms. The molecule has 8 nitrogen and oxygen atoms in total. The van der Waals surface area contributed by atoms with Crippen molar-refractivity contribution in [2.24, 2.45) is 9.98 Å². The van der Waals surface area contributed by atoms with Gasteiger partial charge in [-0.25, -0.2) is 9.98 Å². The van der Waals surface area contributed by atoms with Gasteiger partial charge in [-0.2, -0.15) is 26.3 Å². The number of nitro benzene ring substituents is 2. The van der Waals surface area contributed by atoms with Crippen LogP contribution in [0.2, 0.25) is 0 Å². The van der Waals surface area contributed by atoms with Gasteiger partial charge in [-0.05, 0) is 70.8 Å². The molecule has 0 aromatic heterocycles. The number of hydrogen-bond acceptors (Lipinski definition) is 8. The van der Waals surface area contributed by atoms with Crippen molar-refractivity contribution in [1.29, 1.82) is 0 Å². The van der Waals surface area contributed by atoms with E-state index in [0.29, 0.717) is 11.1 Å². The lowest BCUT2D eigenvalue weighted by Gasteiger charge is -2.13. The van der Waals surface area contributed by atoms with Crippen LogP contribution in [0.1, 0.15) is 33.4 Å². The molecule has 0 fully saturated rings. The molecule has 0 heterocycles. The van der Waals surface area contributed by atoms with Crippen LogP contribution in [0.5, 0.6) is 0 Å². The van der Waals surface area contributed by atoms with Crippen molar-refractivity contribution < 1.29 is 36.2 Å². The molecule has 4 rings (SSSR count). The summed E-state index contributed by atoms with van der Waals surface area (Å²) < 4.78 is 79.6. The van der Waals surface area contributed by atoms with Gasteiger partial charge in [-0.15, -0.1) is 0 Å². The van der Waals surface area contributed by atoms with Gasteiger partial charge in [0, 0.05) is 35.4 Å². The van der Waals surface area contributed by atoms with Crippen molar-refractivity contribution in [2.75, 3.05) is 0 Å². The van der Waals surface area contributed by atoms with E-state index < -0.39 is 33.3 Å². The maximum absolute atomic E-state index is 13.3. The Kier molecular flexibility index (Phi) is 10.2. The fourth-order valence-corrected chi connectivity index (χ4v) is 6.00. The van der Waals surface area contributed by atoms with E-state index in [-0.39, 0.29) is 44.0 Å². The molecule has 0 aliphatic rings. The topological polar surface area (TPSA) is 111 Å². The van der Waals surface area contributed by atoms with Gasteiger partial charge in [0.2, 0.25) is 0 Å². The number of hydrogen-bond donors (Lipinski definition) is 0. The van der Waals surface area contributed by atoms with Gasteiger partial charge < -0.3 is 0 Å². The highest BCUT2D eigenvalue weighted by Gasteiger charge is 2.31. The Balaban J connectivity index is 1.83. The first-order valence-corrected chi connectivity index (χ1v) is 15.0. The van der Waals surface area contributed by atoms with Gasteiger partial charge >= 0.3 is 12.4 Å². The van der Waals surface area contributed by atoms with E-state index in [2.05, 4.69) is 9.98 Å². The maximum Gasteiger partial charge on any atom is 0.416 e. The van der Waals surface area contributed by atoms with Crippen LogP contribution in [0, 0.1) is 34.1 Å². The SMILES string of the molecule is Cc1ccc([N+](=O)[O-])cc1N=C(SSC(=Nc1cc([N+](=O)[O-])ccc1C)c1ccc(C(F)(F)F)cc1)c1ccc(C(F)(F)F)cc1. The van der Waals surface area contributed by atoms with Crippen LogP contribution < -0.4 is 0 Å². The Morgan fingerprint density at radius 3 is 1.20 bits per heavy atom. The van der Waals surface area contributed by atoms with Gasteiger partial charge in [-0.3, -0.25) is 20.2 Å². The zero-order valence-corrected chi connectivity index (χ0v) is 25.2. The molecule has 4 aromatic carbocycles. The zero-order chi connectivity index (χ0) is 33.8. The number of halogens is 6. The summed E-state index contributed by atoms with van der Waals surface area (Å²) in [6.07, 6.45) is -9.24. The molecule has 0 aliphatic heterocycles. The Bertz CT molecular complexity index is 1710. The molecule has 0 bridgehead atoms. The minimum atomic E-state index is -4.62. The lowest BCUT2D eigenvalue weighted by atomic mass is 10.1. The molecule has 0 unspecified atom stereocenters. The molecule has 238 valence electrons. The number of alkyl halides is 6. The predicted octanol–water partition coefficient (Wildman–Crippen LogP) is 10.4. The average molecular weight is 679 g/mol. The molecule has 0 saturated heterocycles. The van der Waals surface area contributed by atoms with Crippen LogP contribution in [0.15, 0.2) is 94.9 Å². The number of aryl methyl sites for hydroxylation is 2. The maximum atomic E-state index is 13.3. The predicted molar refractivity (Wildman–Crippen MR) is 166 cm³/mol. The van der Waals surface area contributed by atoms with E-state index in [1.54, 1.807) is 13.8 Å². The number of benzene rings is 4. The second-order valence-corrected chi connectivity index (χ2v) is 11.7. The quantitative estimate of drug-likeness (QED) is 0.0501. The fourth-order valence-electron chi connectivity index (χ4n) is 3.83. The molecular weight excluding hydrogens is 658 g/mol. The van der Waals surface area contributed by atoms with Crippen LogP contribution in [-0.4, -0.2) is 19.9 Å². The summed E-state index contributed by atoms with van der Waals surface area (Å²) in [6, 6.07) is 15.9. The number of nitrogens with zero attached hydrogens (tertiary/aromatic N) is 4. The van der Waals surface area contributed by atoms with Crippen LogP contribution >= 0.6 is 21.6 Å². The largest absolute Gasteiger partial charge is 0.416 e. The average Bonchev–Trinajstić information content (AvgIpc) is 2.99. The van der Waals surface area contributed by atoms with E-state index in [4.69, 9.17) is 0 Å². The van der Waals surface area contributed by atoms with E-state index in [1.165, 1.54) is 60.7 Å². The molecule has 16 heteroatoms. The van der Waals surface area contributed by atoms with Crippen molar-refractivity contribution in [3.8, 4) is 0 Å². The summed E-state index contributed by atoms with van der Waals surface area (Å²) in [5.41, 5.74) is -0.650. The van der Waals surface area contributed by atoms with Crippen LogP contribution in [0.3, 0.4) is 0 Å². The first kappa shape index (κ1) is 34.2. The van der Waals surface area contributed by atoms with Crippen LogP contribution in [0.25, 0.3) is 0 Å². The molecule has 0 amide bonds. The third kappa shape index (κ3) is 8.51. The molecular formula is C30H20F6N4O4S2. The van der Waals surface area contributed by atoms with Crippen molar-refractivity contribution in [2.45, 2.75) is 26.2 Å². The Hall–Kier alpha value is -4.70. The van der Waals surface area contributed by atoms with Gasteiger partial charge in [0.05, 0.1) is 32.3 Å². The molecule has 0 spiro atoms. The summed E-state index contributed by atoms with van der Waals surface area (Å²) >= 11 is 0. The molecule has 0 saturated carbocycles. The Morgan fingerprint density at radius 2 is 0.913 bits per heavy atom. The molecule has 4 aromatic rings. The van der Waals surface area contributed by atoms with E-state index in [1.807, 2.05) is 0 Å². The second kappa shape index (κ2) is 13.7. The second-order valence-electron chi connectivity index (χ2n) is 9.61. The monoisotopic (exact) mass is 678 g/mol. The summed E-state index contributed by atoms with van der Waals surface area (Å²) in [5.74, 6) is 0. The number of rotatable bonds is 6. The highest BCUT2D eigenvalue weighted by molar-refractivity contribution is 8.87. The van der Waals surface area contributed by atoms with Crippen molar-refractivity contribution in [3.05, 3.63) is 139 Å².